The molecule has 0 bridgehead atoms. The highest BCUT2D eigenvalue weighted by atomic mass is 16.6. The SMILES string of the molecule is O=[N+]([O-])c1cccc(-c2noc(CN3CCO[C@H]4CCCC[C@@H]43)n2)c1. The number of nitrogens with zero attached hydrogens (tertiary/aromatic N) is 4. The lowest BCUT2D eigenvalue weighted by Gasteiger charge is -2.43. The van der Waals surface area contributed by atoms with Gasteiger partial charge < -0.3 is 9.26 Å². The molecule has 1 aromatic carbocycles. The zero-order chi connectivity index (χ0) is 17.2. The highest BCUT2D eigenvalue weighted by Gasteiger charge is 2.34. The van der Waals surface area contributed by atoms with Crippen molar-refractivity contribution in [3.05, 3.63) is 40.3 Å². The number of rotatable bonds is 4. The minimum absolute atomic E-state index is 0.0158. The molecular formula is C17H20N4O4. The van der Waals surface area contributed by atoms with Crippen LogP contribution in [0.25, 0.3) is 11.4 Å². The number of non-ortho nitro benzene ring substituents is 1. The fourth-order valence-electron chi connectivity index (χ4n) is 3.74. The van der Waals surface area contributed by atoms with Crippen LogP contribution < -0.4 is 0 Å². The Labute approximate surface area is 144 Å². The number of aromatic nitrogens is 2. The van der Waals surface area contributed by atoms with Crippen molar-refractivity contribution in [2.24, 2.45) is 0 Å². The van der Waals surface area contributed by atoms with Gasteiger partial charge in [-0.05, 0) is 12.8 Å². The van der Waals surface area contributed by atoms with Crippen LogP contribution in [0.2, 0.25) is 0 Å². The molecule has 2 heterocycles. The number of hydrogen-bond donors (Lipinski definition) is 0. The van der Waals surface area contributed by atoms with E-state index in [0.29, 0.717) is 36.0 Å². The lowest BCUT2D eigenvalue weighted by Crippen LogP contribution is -2.52. The molecule has 132 valence electrons. The zero-order valence-electron chi connectivity index (χ0n) is 13.8. The number of morpholine rings is 1. The second kappa shape index (κ2) is 6.89. The summed E-state index contributed by atoms with van der Waals surface area (Å²) in [5, 5.41) is 14.9. The molecule has 2 atom stereocenters. The van der Waals surface area contributed by atoms with Gasteiger partial charge in [0.15, 0.2) is 0 Å². The van der Waals surface area contributed by atoms with E-state index in [1.807, 2.05) is 0 Å². The first-order chi connectivity index (χ1) is 12.2. The van der Waals surface area contributed by atoms with Gasteiger partial charge in [0, 0.05) is 30.3 Å². The molecule has 2 aromatic rings. The molecule has 2 aliphatic rings. The monoisotopic (exact) mass is 344 g/mol. The van der Waals surface area contributed by atoms with Crippen molar-refractivity contribution < 1.29 is 14.2 Å². The van der Waals surface area contributed by atoms with E-state index in [1.165, 1.54) is 25.0 Å². The Morgan fingerprint density at radius 3 is 3.08 bits per heavy atom. The van der Waals surface area contributed by atoms with Crippen LogP contribution in [0.1, 0.15) is 31.6 Å². The van der Waals surface area contributed by atoms with Crippen LogP contribution in [0.15, 0.2) is 28.8 Å². The lowest BCUT2D eigenvalue weighted by atomic mass is 9.90. The molecule has 1 saturated carbocycles. The highest BCUT2D eigenvalue weighted by Crippen LogP contribution is 2.29. The summed E-state index contributed by atoms with van der Waals surface area (Å²) in [5.74, 6) is 0.917. The van der Waals surface area contributed by atoms with Gasteiger partial charge >= 0.3 is 0 Å². The Hall–Kier alpha value is -2.32. The molecule has 0 unspecified atom stereocenters. The van der Waals surface area contributed by atoms with E-state index in [1.54, 1.807) is 12.1 Å². The van der Waals surface area contributed by atoms with Crippen LogP contribution in [0.3, 0.4) is 0 Å². The fourth-order valence-corrected chi connectivity index (χ4v) is 3.74. The Balaban J connectivity index is 1.49. The fraction of sp³-hybridized carbons (Fsp3) is 0.529. The van der Waals surface area contributed by atoms with E-state index in [2.05, 4.69) is 15.0 Å². The predicted molar refractivity (Wildman–Crippen MR) is 88.8 cm³/mol. The minimum atomic E-state index is -0.429. The summed E-state index contributed by atoms with van der Waals surface area (Å²) in [6.07, 6.45) is 5.01. The molecule has 0 radical (unpaired) electrons. The molecule has 1 aromatic heterocycles. The maximum Gasteiger partial charge on any atom is 0.270 e. The molecule has 4 rings (SSSR count). The predicted octanol–water partition coefficient (Wildman–Crippen LogP) is 2.79. The number of fused-ring (bicyclic) bond motifs is 1. The van der Waals surface area contributed by atoms with E-state index in [0.717, 1.165) is 26.0 Å². The second-order valence-corrected chi connectivity index (χ2v) is 6.55. The topological polar surface area (TPSA) is 94.5 Å². The third kappa shape index (κ3) is 3.40. The van der Waals surface area contributed by atoms with Crippen LogP contribution in [0, 0.1) is 10.1 Å². The van der Waals surface area contributed by atoms with Crippen LogP contribution in [-0.2, 0) is 11.3 Å². The van der Waals surface area contributed by atoms with E-state index in [4.69, 9.17) is 9.26 Å². The summed E-state index contributed by atoms with van der Waals surface area (Å²) in [6.45, 7) is 2.18. The van der Waals surface area contributed by atoms with E-state index in [-0.39, 0.29) is 5.69 Å². The smallest absolute Gasteiger partial charge is 0.270 e. The van der Waals surface area contributed by atoms with Gasteiger partial charge in [-0.25, -0.2) is 0 Å². The van der Waals surface area contributed by atoms with Crippen molar-refractivity contribution in [1.29, 1.82) is 0 Å². The largest absolute Gasteiger partial charge is 0.375 e. The first kappa shape index (κ1) is 16.2. The van der Waals surface area contributed by atoms with Crippen molar-refractivity contribution in [1.82, 2.24) is 15.0 Å². The van der Waals surface area contributed by atoms with Crippen molar-refractivity contribution in [3.63, 3.8) is 0 Å². The standard InChI is InChI=1S/C17H20N4O4/c22-21(23)13-5-3-4-12(10-13)17-18-16(25-19-17)11-20-8-9-24-15-7-2-1-6-14(15)20/h3-5,10,14-15H,1-2,6-9,11H2/t14-,15-/m0/s1. The van der Waals surface area contributed by atoms with Gasteiger partial charge in [-0.3, -0.25) is 15.0 Å². The average Bonchev–Trinajstić information content (AvgIpc) is 3.11. The zero-order valence-corrected chi connectivity index (χ0v) is 13.8. The molecule has 25 heavy (non-hydrogen) atoms. The lowest BCUT2D eigenvalue weighted by molar-refractivity contribution is -0.384. The molecule has 0 N–H and O–H groups in total. The van der Waals surface area contributed by atoms with Crippen LogP contribution in [0.4, 0.5) is 5.69 Å². The van der Waals surface area contributed by atoms with Gasteiger partial charge in [0.1, 0.15) is 0 Å². The summed E-state index contributed by atoms with van der Waals surface area (Å²) < 4.78 is 11.3. The summed E-state index contributed by atoms with van der Waals surface area (Å²) in [4.78, 5) is 17.3. The minimum Gasteiger partial charge on any atom is -0.375 e. The number of benzene rings is 1. The summed E-state index contributed by atoms with van der Waals surface area (Å²) >= 11 is 0. The summed E-state index contributed by atoms with van der Waals surface area (Å²) in [6, 6.07) is 6.68. The Morgan fingerprint density at radius 2 is 2.20 bits per heavy atom. The highest BCUT2D eigenvalue weighted by molar-refractivity contribution is 5.58. The van der Waals surface area contributed by atoms with Crippen molar-refractivity contribution in [2.45, 2.75) is 44.4 Å². The first-order valence-electron chi connectivity index (χ1n) is 8.64. The van der Waals surface area contributed by atoms with Gasteiger partial charge in [-0.15, -0.1) is 0 Å². The molecule has 1 saturated heterocycles. The average molecular weight is 344 g/mol. The van der Waals surface area contributed by atoms with Gasteiger partial charge in [0.05, 0.1) is 24.2 Å². The maximum absolute atomic E-state index is 10.9. The van der Waals surface area contributed by atoms with Crippen molar-refractivity contribution in [2.75, 3.05) is 13.2 Å². The van der Waals surface area contributed by atoms with Crippen molar-refractivity contribution >= 4 is 5.69 Å². The molecule has 1 aliphatic carbocycles. The van der Waals surface area contributed by atoms with E-state index in [9.17, 15) is 10.1 Å². The van der Waals surface area contributed by atoms with Crippen LogP contribution in [-0.4, -0.2) is 45.3 Å². The molecule has 8 heteroatoms. The molecule has 1 aliphatic heterocycles. The molecular weight excluding hydrogens is 324 g/mol. The number of nitro benzene ring substituents is 1. The van der Waals surface area contributed by atoms with Crippen LogP contribution >= 0.6 is 0 Å². The quantitative estimate of drug-likeness (QED) is 0.621. The van der Waals surface area contributed by atoms with E-state index < -0.39 is 4.92 Å². The number of nitro groups is 1. The van der Waals surface area contributed by atoms with Gasteiger partial charge in [0.25, 0.3) is 5.69 Å². The van der Waals surface area contributed by atoms with E-state index >= 15 is 0 Å². The Bertz CT molecular complexity index is 761. The Kier molecular flexibility index (Phi) is 4.46. The number of hydrogen-bond acceptors (Lipinski definition) is 7. The Morgan fingerprint density at radius 1 is 1.32 bits per heavy atom. The molecule has 0 spiro atoms. The normalized spacial score (nSPS) is 24.0. The maximum atomic E-state index is 10.9. The summed E-state index contributed by atoms with van der Waals surface area (Å²) in [7, 11) is 0. The van der Waals surface area contributed by atoms with Gasteiger partial charge in [0.2, 0.25) is 11.7 Å². The number of ether oxygens (including phenoxy) is 1. The second-order valence-electron chi connectivity index (χ2n) is 6.55. The first-order valence-corrected chi connectivity index (χ1v) is 8.64. The molecule has 0 amide bonds. The van der Waals surface area contributed by atoms with Crippen molar-refractivity contribution in [3.8, 4) is 11.4 Å². The third-order valence-corrected chi connectivity index (χ3v) is 4.97. The molecule has 2 fully saturated rings. The van der Waals surface area contributed by atoms with Gasteiger partial charge in [-0.1, -0.05) is 30.1 Å². The molecule has 8 nitrogen and oxygen atoms in total. The summed E-state index contributed by atoms with van der Waals surface area (Å²) in [5.41, 5.74) is 0.601. The van der Waals surface area contributed by atoms with Crippen LogP contribution in [0.5, 0.6) is 0 Å². The third-order valence-electron chi connectivity index (χ3n) is 4.97. The van der Waals surface area contributed by atoms with Gasteiger partial charge in [-0.2, -0.15) is 4.98 Å².